The van der Waals surface area contributed by atoms with Crippen molar-refractivity contribution in [2.75, 3.05) is 33.0 Å². The molecule has 116 valence electrons. The Labute approximate surface area is 118 Å². The molecule has 0 aliphatic heterocycles. The second-order valence-corrected chi connectivity index (χ2v) is 5.68. The summed E-state index contributed by atoms with van der Waals surface area (Å²) >= 11 is 0. The zero-order valence-corrected chi connectivity index (χ0v) is 13.3. The first-order valence-electron chi connectivity index (χ1n) is 7.35. The summed E-state index contributed by atoms with van der Waals surface area (Å²) in [5.41, 5.74) is -0.429. The fourth-order valence-corrected chi connectivity index (χ4v) is 1.73. The lowest BCUT2D eigenvalue weighted by molar-refractivity contribution is -0.0955. The molecule has 0 spiro atoms. The van der Waals surface area contributed by atoms with Gasteiger partial charge in [0, 0.05) is 13.2 Å². The van der Waals surface area contributed by atoms with Gasteiger partial charge in [-0.3, -0.25) is 0 Å². The largest absolute Gasteiger partial charge is 0.396 e. The Morgan fingerprint density at radius 2 is 1.58 bits per heavy atom. The maximum atomic E-state index is 8.96. The van der Waals surface area contributed by atoms with Crippen molar-refractivity contribution in [1.29, 1.82) is 0 Å². The van der Waals surface area contributed by atoms with Crippen LogP contribution < -0.4 is 0 Å². The van der Waals surface area contributed by atoms with Gasteiger partial charge < -0.3 is 19.3 Å². The molecular weight excluding hydrogens is 244 g/mol. The van der Waals surface area contributed by atoms with Gasteiger partial charge in [-0.2, -0.15) is 0 Å². The molecule has 0 aliphatic carbocycles. The van der Waals surface area contributed by atoms with Gasteiger partial charge in [0.05, 0.1) is 31.0 Å². The van der Waals surface area contributed by atoms with Crippen LogP contribution in [0.3, 0.4) is 0 Å². The summed E-state index contributed by atoms with van der Waals surface area (Å²) in [4.78, 5) is 0. The van der Waals surface area contributed by atoms with Gasteiger partial charge in [-0.25, -0.2) is 0 Å². The predicted octanol–water partition coefficient (Wildman–Crippen LogP) is 2.78. The van der Waals surface area contributed by atoms with E-state index < -0.39 is 0 Å². The monoisotopic (exact) mass is 276 g/mol. The fraction of sp³-hybridized carbons (Fsp3) is 1.00. The van der Waals surface area contributed by atoms with E-state index in [1.54, 1.807) is 0 Å². The summed E-state index contributed by atoms with van der Waals surface area (Å²) in [6.07, 6.45) is 2.45. The van der Waals surface area contributed by atoms with Gasteiger partial charge in [-0.1, -0.05) is 6.92 Å². The topological polar surface area (TPSA) is 47.9 Å². The molecule has 0 heterocycles. The van der Waals surface area contributed by atoms with Crippen LogP contribution in [-0.2, 0) is 14.2 Å². The van der Waals surface area contributed by atoms with E-state index in [1.807, 2.05) is 20.8 Å². The van der Waals surface area contributed by atoms with Gasteiger partial charge in [0.2, 0.25) is 0 Å². The lowest BCUT2D eigenvalue weighted by Crippen LogP contribution is -2.34. The summed E-state index contributed by atoms with van der Waals surface area (Å²) in [5.74, 6) is 0. The third kappa shape index (κ3) is 9.38. The summed E-state index contributed by atoms with van der Waals surface area (Å²) < 4.78 is 17.0. The van der Waals surface area contributed by atoms with E-state index in [-0.39, 0.29) is 17.8 Å². The minimum absolute atomic E-state index is 0.156. The fourth-order valence-electron chi connectivity index (χ4n) is 1.73. The summed E-state index contributed by atoms with van der Waals surface area (Å²) in [7, 11) is 0. The Bertz CT molecular complexity index is 218. The number of aliphatic hydroxyl groups excluding tert-OH is 1. The highest BCUT2D eigenvalue weighted by atomic mass is 16.5. The van der Waals surface area contributed by atoms with Crippen molar-refractivity contribution in [2.24, 2.45) is 0 Å². The highest BCUT2D eigenvalue weighted by Crippen LogP contribution is 2.22. The second-order valence-electron chi connectivity index (χ2n) is 5.68. The SMILES string of the molecule is CCOCCOC(C)(CC)CCOC(C)(C)CCO. The Hall–Kier alpha value is -0.160. The van der Waals surface area contributed by atoms with Crippen LogP contribution >= 0.6 is 0 Å². The van der Waals surface area contributed by atoms with Crippen molar-refractivity contribution >= 4 is 0 Å². The molecule has 1 atom stereocenters. The van der Waals surface area contributed by atoms with Crippen LogP contribution in [0.15, 0.2) is 0 Å². The van der Waals surface area contributed by atoms with Crippen LogP contribution in [0.4, 0.5) is 0 Å². The molecular formula is C15H32O4. The smallest absolute Gasteiger partial charge is 0.0707 e. The van der Waals surface area contributed by atoms with Gasteiger partial charge in [0.25, 0.3) is 0 Å². The maximum absolute atomic E-state index is 8.96. The van der Waals surface area contributed by atoms with E-state index in [9.17, 15) is 0 Å². The van der Waals surface area contributed by atoms with Crippen molar-refractivity contribution in [3.63, 3.8) is 0 Å². The minimum atomic E-state index is -0.269. The number of ether oxygens (including phenoxy) is 3. The Kier molecular flexibility index (Phi) is 9.62. The van der Waals surface area contributed by atoms with Crippen molar-refractivity contribution in [3.05, 3.63) is 0 Å². The zero-order chi connectivity index (χ0) is 14.8. The molecule has 0 aromatic rings. The summed E-state index contributed by atoms with van der Waals surface area (Å²) in [5, 5.41) is 8.96. The summed E-state index contributed by atoms with van der Waals surface area (Å²) in [6.45, 7) is 13.0. The number of hydrogen-bond donors (Lipinski definition) is 1. The van der Waals surface area contributed by atoms with Gasteiger partial charge in [0.1, 0.15) is 0 Å². The molecule has 0 amide bonds. The first-order chi connectivity index (χ1) is 8.89. The Morgan fingerprint density at radius 3 is 2.11 bits per heavy atom. The van der Waals surface area contributed by atoms with Crippen LogP contribution in [0.5, 0.6) is 0 Å². The van der Waals surface area contributed by atoms with Crippen LogP contribution in [0.25, 0.3) is 0 Å². The van der Waals surface area contributed by atoms with E-state index in [4.69, 9.17) is 19.3 Å². The van der Waals surface area contributed by atoms with E-state index in [0.717, 1.165) is 19.4 Å². The molecule has 0 radical (unpaired) electrons. The third-order valence-electron chi connectivity index (χ3n) is 3.47. The number of hydrogen-bond acceptors (Lipinski definition) is 4. The minimum Gasteiger partial charge on any atom is -0.396 e. The van der Waals surface area contributed by atoms with Crippen molar-refractivity contribution in [3.8, 4) is 0 Å². The number of rotatable bonds is 12. The lowest BCUT2D eigenvalue weighted by Gasteiger charge is -2.31. The first-order valence-corrected chi connectivity index (χ1v) is 7.35. The van der Waals surface area contributed by atoms with E-state index >= 15 is 0 Å². The zero-order valence-electron chi connectivity index (χ0n) is 13.3. The number of aliphatic hydroxyl groups is 1. The first kappa shape index (κ1) is 18.8. The molecule has 4 nitrogen and oxygen atoms in total. The van der Waals surface area contributed by atoms with Crippen molar-refractivity contribution < 1.29 is 19.3 Å². The average Bonchev–Trinajstić information content (AvgIpc) is 2.34. The van der Waals surface area contributed by atoms with Crippen molar-refractivity contribution in [1.82, 2.24) is 0 Å². The molecule has 0 saturated heterocycles. The highest BCUT2D eigenvalue weighted by Gasteiger charge is 2.25. The Balaban J connectivity index is 3.96. The average molecular weight is 276 g/mol. The molecule has 0 fully saturated rings. The van der Waals surface area contributed by atoms with E-state index in [1.165, 1.54) is 0 Å². The molecule has 0 aromatic carbocycles. The molecule has 4 heteroatoms. The lowest BCUT2D eigenvalue weighted by atomic mass is 9.99. The van der Waals surface area contributed by atoms with E-state index in [0.29, 0.717) is 26.2 Å². The third-order valence-corrected chi connectivity index (χ3v) is 3.47. The van der Waals surface area contributed by atoms with Gasteiger partial charge in [0.15, 0.2) is 0 Å². The highest BCUT2D eigenvalue weighted by molar-refractivity contribution is 4.75. The van der Waals surface area contributed by atoms with Crippen molar-refractivity contribution in [2.45, 2.75) is 65.1 Å². The van der Waals surface area contributed by atoms with Gasteiger partial charge in [-0.05, 0) is 47.0 Å². The standard InChI is InChI=1S/C15H32O4/c1-6-15(5,19-13-12-17-7-2)9-11-18-14(3,4)8-10-16/h16H,6-13H2,1-5H3. The maximum Gasteiger partial charge on any atom is 0.0707 e. The second kappa shape index (κ2) is 9.70. The summed E-state index contributed by atoms with van der Waals surface area (Å²) in [6, 6.07) is 0. The van der Waals surface area contributed by atoms with Gasteiger partial charge >= 0.3 is 0 Å². The van der Waals surface area contributed by atoms with Gasteiger partial charge in [-0.15, -0.1) is 0 Å². The van der Waals surface area contributed by atoms with Crippen LogP contribution in [0, 0.1) is 0 Å². The van der Waals surface area contributed by atoms with E-state index in [2.05, 4.69) is 13.8 Å². The molecule has 0 aliphatic rings. The van der Waals surface area contributed by atoms with Crippen LogP contribution in [0.1, 0.15) is 53.9 Å². The predicted molar refractivity (Wildman–Crippen MR) is 77.5 cm³/mol. The molecule has 1 unspecified atom stereocenters. The van der Waals surface area contributed by atoms with Crippen LogP contribution in [0.2, 0.25) is 0 Å². The molecule has 0 bridgehead atoms. The molecule has 0 rings (SSSR count). The molecule has 19 heavy (non-hydrogen) atoms. The molecule has 0 saturated carbocycles. The van der Waals surface area contributed by atoms with Crippen LogP contribution in [-0.4, -0.2) is 49.3 Å². The molecule has 0 aromatic heterocycles. The molecule has 1 N–H and O–H groups in total. The quantitative estimate of drug-likeness (QED) is 0.557. The normalized spacial score (nSPS) is 15.5. The Morgan fingerprint density at radius 1 is 0.895 bits per heavy atom.